The number of carbonyl (C=O) groups excluding carboxylic acids is 2. The second-order valence-corrected chi connectivity index (χ2v) is 10.7. The van der Waals surface area contributed by atoms with E-state index >= 15 is 0 Å². The highest BCUT2D eigenvalue weighted by Crippen LogP contribution is 2.41. The Kier molecular flexibility index (Phi) is 6.65. The molecule has 1 atom stereocenters. The molecule has 34 heavy (non-hydrogen) atoms. The summed E-state index contributed by atoms with van der Waals surface area (Å²) in [6.45, 7) is 5.61. The lowest BCUT2D eigenvalue weighted by Gasteiger charge is -2.36. The Hall–Kier alpha value is -3.34. The number of nitrogens with zero attached hydrogens (tertiary/aromatic N) is 2. The standard InChI is InChI=1S/C24H25N5O3S2/c1-15-11-13-17(14-12-15)25-22(31)29(32)20-24(2,3)34-23(33)28(20)27-21(30)26-19-10-6-8-16-7-4-5-9-18(16)19/h4-14,20,32H,1-3H3,(H,25,31)(H2,26,27,30)/t20-/m0/s1. The molecule has 0 saturated carbocycles. The lowest BCUT2D eigenvalue weighted by molar-refractivity contribution is -0.120. The lowest BCUT2D eigenvalue weighted by Crippen LogP contribution is -2.60. The molecular weight excluding hydrogens is 470 g/mol. The Bertz CT molecular complexity index is 1240. The van der Waals surface area contributed by atoms with E-state index in [0.717, 1.165) is 16.3 Å². The molecule has 0 unspecified atom stereocenters. The number of rotatable bonds is 4. The van der Waals surface area contributed by atoms with E-state index < -0.39 is 23.0 Å². The van der Waals surface area contributed by atoms with Crippen LogP contribution < -0.4 is 16.1 Å². The van der Waals surface area contributed by atoms with Crippen LogP contribution in [0.1, 0.15) is 19.4 Å². The number of hydroxylamine groups is 2. The number of nitrogens with one attached hydrogen (secondary N) is 3. The highest BCUT2D eigenvalue weighted by molar-refractivity contribution is 8.24. The maximum absolute atomic E-state index is 12.9. The highest BCUT2D eigenvalue weighted by atomic mass is 32.2. The molecule has 1 saturated heterocycles. The number of benzene rings is 3. The molecule has 1 aliphatic heterocycles. The predicted molar refractivity (Wildman–Crippen MR) is 140 cm³/mol. The molecule has 1 heterocycles. The van der Waals surface area contributed by atoms with Crippen LogP contribution in [0.5, 0.6) is 0 Å². The van der Waals surface area contributed by atoms with Crippen LogP contribution in [0.15, 0.2) is 66.7 Å². The summed E-state index contributed by atoms with van der Waals surface area (Å²) in [4.78, 5) is 25.7. The Balaban J connectivity index is 1.51. The molecule has 0 bridgehead atoms. The first-order chi connectivity index (χ1) is 16.2. The number of hydrogen-bond donors (Lipinski definition) is 4. The van der Waals surface area contributed by atoms with E-state index in [0.29, 0.717) is 20.8 Å². The fraction of sp³-hybridized carbons (Fsp3) is 0.208. The first-order valence-corrected chi connectivity index (χ1v) is 11.8. The summed E-state index contributed by atoms with van der Waals surface area (Å²) < 4.78 is -0.381. The molecule has 4 amide bonds. The average molecular weight is 496 g/mol. The van der Waals surface area contributed by atoms with Crippen molar-refractivity contribution in [2.75, 3.05) is 10.6 Å². The van der Waals surface area contributed by atoms with Crippen molar-refractivity contribution in [3.8, 4) is 0 Å². The van der Waals surface area contributed by atoms with Crippen LogP contribution in [0, 0.1) is 6.92 Å². The number of hydrogen-bond acceptors (Lipinski definition) is 5. The monoisotopic (exact) mass is 495 g/mol. The molecule has 0 spiro atoms. The van der Waals surface area contributed by atoms with Crippen LogP contribution in [-0.2, 0) is 0 Å². The smallest absolute Gasteiger partial charge is 0.306 e. The fourth-order valence-corrected chi connectivity index (χ4v) is 5.57. The number of fused-ring (bicyclic) bond motifs is 1. The van der Waals surface area contributed by atoms with E-state index in [-0.39, 0.29) is 0 Å². The highest BCUT2D eigenvalue weighted by Gasteiger charge is 2.50. The van der Waals surface area contributed by atoms with Gasteiger partial charge in [0.25, 0.3) is 0 Å². The lowest BCUT2D eigenvalue weighted by atomic mass is 10.1. The quantitative estimate of drug-likeness (QED) is 0.215. The minimum Gasteiger partial charge on any atom is -0.306 e. The second kappa shape index (κ2) is 9.49. The van der Waals surface area contributed by atoms with Gasteiger partial charge in [-0.05, 0) is 44.4 Å². The fourth-order valence-electron chi connectivity index (χ4n) is 3.77. The third-order valence-corrected chi connectivity index (χ3v) is 6.97. The van der Waals surface area contributed by atoms with E-state index in [4.69, 9.17) is 12.2 Å². The summed E-state index contributed by atoms with van der Waals surface area (Å²) in [5.74, 6) is 0. The van der Waals surface area contributed by atoms with Crippen molar-refractivity contribution in [2.24, 2.45) is 0 Å². The van der Waals surface area contributed by atoms with Crippen LogP contribution in [0.3, 0.4) is 0 Å². The van der Waals surface area contributed by atoms with E-state index in [9.17, 15) is 14.8 Å². The molecule has 1 aliphatic rings. The Morgan fingerprint density at radius 3 is 2.44 bits per heavy atom. The van der Waals surface area contributed by atoms with Gasteiger partial charge in [-0.2, -0.15) is 5.06 Å². The van der Waals surface area contributed by atoms with Gasteiger partial charge in [0.05, 0.1) is 10.4 Å². The van der Waals surface area contributed by atoms with Crippen LogP contribution >= 0.6 is 24.0 Å². The van der Waals surface area contributed by atoms with Crippen LogP contribution in [0.4, 0.5) is 21.0 Å². The molecular formula is C24H25N5O3S2. The number of aryl methyl sites for hydroxylation is 1. The number of amides is 4. The van der Waals surface area contributed by atoms with Gasteiger partial charge in [0.2, 0.25) is 0 Å². The molecule has 3 aromatic rings. The molecule has 4 N–H and O–H groups in total. The van der Waals surface area contributed by atoms with Crippen LogP contribution in [0.2, 0.25) is 0 Å². The van der Waals surface area contributed by atoms with Crippen LogP contribution in [-0.4, -0.2) is 42.6 Å². The first-order valence-electron chi connectivity index (χ1n) is 10.6. The van der Waals surface area contributed by atoms with Crippen molar-refractivity contribution in [1.29, 1.82) is 0 Å². The van der Waals surface area contributed by atoms with Crippen molar-refractivity contribution in [3.05, 3.63) is 72.3 Å². The zero-order chi connectivity index (χ0) is 24.5. The van der Waals surface area contributed by atoms with Crippen molar-refractivity contribution >= 4 is 62.5 Å². The van der Waals surface area contributed by atoms with E-state index in [1.807, 2.05) is 69.3 Å². The Morgan fingerprint density at radius 2 is 1.71 bits per heavy atom. The van der Waals surface area contributed by atoms with Crippen molar-refractivity contribution in [1.82, 2.24) is 15.5 Å². The minimum absolute atomic E-state index is 0.324. The number of thiocarbonyl (C=S) groups is 1. The van der Waals surface area contributed by atoms with E-state index in [1.165, 1.54) is 16.8 Å². The maximum Gasteiger partial charge on any atom is 0.347 e. The number of anilines is 2. The van der Waals surface area contributed by atoms with Gasteiger partial charge < -0.3 is 10.6 Å². The van der Waals surface area contributed by atoms with Gasteiger partial charge in [0.1, 0.15) is 0 Å². The largest absolute Gasteiger partial charge is 0.347 e. The zero-order valence-corrected chi connectivity index (χ0v) is 20.5. The number of thioether (sulfide) groups is 1. The first kappa shape index (κ1) is 23.8. The second-order valence-electron chi connectivity index (χ2n) is 8.45. The summed E-state index contributed by atoms with van der Waals surface area (Å²) in [6.07, 6.45) is -0.950. The van der Waals surface area contributed by atoms with Gasteiger partial charge in [-0.25, -0.2) is 20.0 Å². The van der Waals surface area contributed by atoms with Gasteiger partial charge in [-0.15, -0.1) is 0 Å². The molecule has 4 rings (SSSR count). The molecule has 1 fully saturated rings. The van der Waals surface area contributed by atoms with Crippen molar-refractivity contribution in [2.45, 2.75) is 31.7 Å². The van der Waals surface area contributed by atoms with Gasteiger partial charge in [-0.3, -0.25) is 5.21 Å². The van der Waals surface area contributed by atoms with Crippen LogP contribution in [0.25, 0.3) is 10.8 Å². The van der Waals surface area contributed by atoms with Gasteiger partial charge >= 0.3 is 12.1 Å². The topological polar surface area (TPSA) is 96.9 Å². The van der Waals surface area contributed by atoms with Gasteiger partial charge in [0.15, 0.2) is 10.5 Å². The number of carbonyl (C=O) groups is 2. The minimum atomic E-state index is -0.950. The SMILES string of the molecule is Cc1ccc(NC(=O)N(O)[C@@H]2N(NC(=O)Nc3cccc4ccccc34)C(=S)SC2(C)C)cc1. The van der Waals surface area contributed by atoms with Crippen molar-refractivity contribution in [3.63, 3.8) is 0 Å². The maximum atomic E-state index is 12.9. The summed E-state index contributed by atoms with van der Waals surface area (Å²) in [6, 6.07) is 19.2. The third kappa shape index (κ3) is 4.93. The summed E-state index contributed by atoms with van der Waals surface area (Å²) in [7, 11) is 0. The molecule has 10 heteroatoms. The Morgan fingerprint density at radius 1 is 1.03 bits per heavy atom. The average Bonchev–Trinajstić information content (AvgIpc) is 3.02. The predicted octanol–water partition coefficient (Wildman–Crippen LogP) is 5.55. The normalized spacial score (nSPS) is 16.9. The van der Waals surface area contributed by atoms with E-state index in [1.54, 1.807) is 18.2 Å². The molecule has 176 valence electrons. The molecule has 0 aliphatic carbocycles. The van der Waals surface area contributed by atoms with Gasteiger partial charge in [0, 0.05) is 11.1 Å². The zero-order valence-electron chi connectivity index (χ0n) is 18.9. The summed E-state index contributed by atoms with van der Waals surface area (Å²) in [5, 5.41) is 20.1. The van der Waals surface area contributed by atoms with E-state index in [2.05, 4.69) is 16.1 Å². The molecule has 8 nitrogen and oxygen atoms in total. The van der Waals surface area contributed by atoms with Crippen molar-refractivity contribution < 1.29 is 14.8 Å². The number of urea groups is 2. The number of hydrazine groups is 1. The Labute approximate surface area is 207 Å². The molecule has 3 aromatic carbocycles. The molecule has 0 aromatic heterocycles. The molecule has 0 radical (unpaired) electrons. The summed E-state index contributed by atoms with van der Waals surface area (Å²) >= 11 is 6.73. The van der Waals surface area contributed by atoms with Gasteiger partial charge in [-0.1, -0.05) is 78.1 Å². The third-order valence-electron chi connectivity index (χ3n) is 5.42. The summed E-state index contributed by atoms with van der Waals surface area (Å²) in [5.41, 5.74) is 4.90.